The zero-order valence-corrected chi connectivity index (χ0v) is 19.6. The molecule has 33 heavy (non-hydrogen) atoms. The maximum atomic E-state index is 12.8. The van der Waals surface area contributed by atoms with Crippen LogP contribution in [0, 0.1) is 0 Å². The van der Waals surface area contributed by atoms with E-state index in [-0.39, 0.29) is 11.8 Å². The van der Waals surface area contributed by atoms with Crippen LogP contribution in [0.3, 0.4) is 0 Å². The van der Waals surface area contributed by atoms with E-state index in [1.165, 1.54) is 0 Å². The van der Waals surface area contributed by atoms with E-state index < -0.39 is 0 Å². The lowest BCUT2D eigenvalue weighted by Crippen LogP contribution is -2.48. The van der Waals surface area contributed by atoms with Gasteiger partial charge >= 0.3 is 0 Å². The van der Waals surface area contributed by atoms with Crippen molar-refractivity contribution in [1.82, 2.24) is 4.90 Å². The number of methoxy groups -OCH3 is 1. The Labute approximate surface area is 202 Å². The standard InChI is InChI=1S/C25H23Cl2N3O3/c1-33-21-9-2-17(3-10-21)25(32)30-14-12-29(13-15-30)20-7-5-19(6-8-20)28-24(31)18-4-11-22(26)23(27)16-18/h2-11,16H,12-15H2,1H3,(H,28,31). The van der Waals surface area contributed by atoms with E-state index in [4.69, 9.17) is 27.9 Å². The molecule has 1 aliphatic heterocycles. The third-order valence-electron chi connectivity index (χ3n) is 5.58. The number of hydrogen-bond acceptors (Lipinski definition) is 4. The van der Waals surface area contributed by atoms with Gasteiger partial charge in [-0.2, -0.15) is 0 Å². The van der Waals surface area contributed by atoms with Crippen molar-refractivity contribution in [3.05, 3.63) is 87.9 Å². The maximum Gasteiger partial charge on any atom is 0.255 e. The number of hydrogen-bond donors (Lipinski definition) is 1. The summed E-state index contributed by atoms with van der Waals surface area (Å²) >= 11 is 11.9. The number of nitrogens with zero attached hydrogens (tertiary/aromatic N) is 2. The topological polar surface area (TPSA) is 61.9 Å². The molecular weight excluding hydrogens is 461 g/mol. The van der Waals surface area contributed by atoms with Crippen LogP contribution in [-0.2, 0) is 0 Å². The highest BCUT2D eigenvalue weighted by molar-refractivity contribution is 6.42. The zero-order chi connectivity index (χ0) is 23.4. The van der Waals surface area contributed by atoms with Crippen LogP contribution >= 0.6 is 23.2 Å². The number of rotatable bonds is 5. The SMILES string of the molecule is COc1ccc(C(=O)N2CCN(c3ccc(NC(=O)c4ccc(Cl)c(Cl)c4)cc3)CC2)cc1. The van der Waals surface area contributed by atoms with Gasteiger partial charge in [0.2, 0.25) is 0 Å². The van der Waals surface area contributed by atoms with E-state index in [0.29, 0.717) is 39.9 Å². The molecule has 2 amide bonds. The van der Waals surface area contributed by atoms with Crippen LogP contribution in [0.15, 0.2) is 66.7 Å². The molecule has 1 heterocycles. The average molecular weight is 484 g/mol. The number of anilines is 2. The van der Waals surface area contributed by atoms with Crippen molar-refractivity contribution in [2.75, 3.05) is 43.5 Å². The van der Waals surface area contributed by atoms with Crippen LogP contribution in [0.5, 0.6) is 5.75 Å². The third kappa shape index (κ3) is 5.41. The fourth-order valence-electron chi connectivity index (χ4n) is 3.68. The molecule has 1 aliphatic rings. The number of amides is 2. The number of piperazine rings is 1. The monoisotopic (exact) mass is 483 g/mol. The Balaban J connectivity index is 1.32. The normalized spacial score (nSPS) is 13.5. The minimum atomic E-state index is -0.257. The molecule has 0 radical (unpaired) electrons. The molecule has 3 aromatic carbocycles. The molecule has 1 N–H and O–H groups in total. The molecule has 0 aliphatic carbocycles. The Hall–Kier alpha value is -3.22. The Morgan fingerprint density at radius 1 is 0.818 bits per heavy atom. The van der Waals surface area contributed by atoms with Crippen molar-refractivity contribution in [2.24, 2.45) is 0 Å². The van der Waals surface area contributed by atoms with Crippen molar-refractivity contribution in [1.29, 1.82) is 0 Å². The van der Waals surface area contributed by atoms with Gasteiger partial charge in [0.1, 0.15) is 5.75 Å². The molecule has 6 nitrogen and oxygen atoms in total. The summed E-state index contributed by atoms with van der Waals surface area (Å²) < 4.78 is 5.15. The summed E-state index contributed by atoms with van der Waals surface area (Å²) in [6, 6.07) is 19.6. The highest BCUT2D eigenvalue weighted by Gasteiger charge is 2.22. The molecule has 0 unspecified atom stereocenters. The van der Waals surface area contributed by atoms with E-state index in [2.05, 4.69) is 10.2 Å². The lowest BCUT2D eigenvalue weighted by Gasteiger charge is -2.36. The van der Waals surface area contributed by atoms with Crippen molar-refractivity contribution >= 4 is 46.4 Å². The summed E-state index contributed by atoms with van der Waals surface area (Å²) in [5, 5.41) is 3.61. The van der Waals surface area contributed by atoms with Crippen molar-refractivity contribution in [3.8, 4) is 5.75 Å². The van der Waals surface area contributed by atoms with Gasteiger partial charge in [0.25, 0.3) is 11.8 Å². The zero-order valence-electron chi connectivity index (χ0n) is 18.1. The predicted molar refractivity (Wildman–Crippen MR) is 132 cm³/mol. The summed E-state index contributed by atoms with van der Waals surface area (Å²) in [7, 11) is 1.60. The van der Waals surface area contributed by atoms with Crippen molar-refractivity contribution in [3.63, 3.8) is 0 Å². The van der Waals surface area contributed by atoms with E-state index in [9.17, 15) is 9.59 Å². The quantitative estimate of drug-likeness (QED) is 0.540. The summed E-state index contributed by atoms with van der Waals surface area (Å²) in [4.78, 5) is 29.3. The first-order chi connectivity index (χ1) is 15.9. The number of benzene rings is 3. The van der Waals surface area contributed by atoms with E-state index in [1.54, 1.807) is 49.6 Å². The first-order valence-corrected chi connectivity index (χ1v) is 11.2. The summed E-state index contributed by atoms with van der Waals surface area (Å²) in [5.41, 5.74) is 2.82. The number of carbonyl (C=O) groups excluding carboxylic acids is 2. The summed E-state index contributed by atoms with van der Waals surface area (Å²) in [5.74, 6) is 0.498. The predicted octanol–water partition coefficient (Wildman–Crippen LogP) is 5.22. The smallest absolute Gasteiger partial charge is 0.255 e. The highest BCUT2D eigenvalue weighted by atomic mass is 35.5. The Morgan fingerprint density at radius 2 is 1.45 bits per heavy atom. The molecule has 0 bridgehead atoms. The van der Waals surface area contributed by atoms with Crippen molar-refractivity contribution in [2.45, 2.75) is 0 Å². The Bertz CT molecular complexity index is 1140. The highest BCUT2D eigenvalue weighted by Crippen LogP contribution is 2.24. The molecule has 0 saturated carbocycles. The average Bonchev–Trinajstić information content (AvgIpc) is 2.86. The lowest BCUT2D eigenvalue weighted by atomic mass is 10.1. The molecule has 3 aromatic rings. The fourth-order valence-corrected chi connectivity index (χ4v) is 3.98. The van der Waals surface area contributed by atoms with Gasteiger partial charge in [0.15, 0.2) is 0 Å². The largest absolute Gasteiger partial charge is 0.497 e. The Kier molecular flexibility index (Phi) is 7.06. The summed E-state index contributed by atoms with van der Waals surface area (Å²) in [6.07, 6.45) is 0. The number of ether oxygens (including phenoxy) is 1. The van der Waals surface area contributed by atoms with Crippen molar-refractivity contribution < 1.29 is 14.3 Å². The van der Waals surface area contributed by atoms with Gasteiger partial charge in [-0.1, -0.05) is 23.2 Å². The fraction of sp³-hybridized carbons (Fsp3) is 0.200. The minimum Gasteiger partial charge on any atom is -0.497 e. The van der Waals surface area contributed by atoms with E-state index in [0.717, 1.165) is 24.5 Å². The van der Waals surface area contributed by atoms with Crippen LogP contribution in [-0.4, -0.2) is 50.0 Å². The van der Waals surface area contributed by atoms with E-state index in [1.807, 2.05) is 29.2 Å². The summed E-state index contributed by atoms with van der Waals surface area (Å²) in [6.45, 7) is 2.75. The van der Waals surface area contributed by atoms with E-state index >= 15 is 0 Å². The van der Waals surface area contributed by atoms with Gasteiger partial charge in [-0.05, 0) is 66.7 Å². The molecule has 1 fully saturated rings. The van der Waals surface area contributed by atoms with Gasteiger partial charge in [0.05, 0.1) is 17.2 Å². The first-order valence-electron chi connectivity index (χ1n) is 10.5. The van der Waals surface area contributed by atoms with Crippen LogP contribution in [0.1, 0.15) is 20.7 Å². The molecule has 8 heteroatoms. The Morgan fingerprint density at radius 3 is 2.06 bits per heavy atom. The molecule has 0 spiro atoms. The second kappa shape index (κ2) is 10.1. The molecule has 0 atom stereocenters. The number of carbonyl (C=O) groups is 2. The molecule has 0 aromatic heterocycles. The molecule has 4 rings (SSSR count). The number of halogens is 2. The lowest BCUT2D eigenvalue weighted by molar-refractivity contribution is 0.0746. The molecular formula is C25H23Cl2N3O3. The van der Waals surface area contributed by atoms with Gasteiger partial charge in [0, 0.05) is 48.7 Å². The van der Waals surface area contributed by atoms with Crippen LogP contribution < -0.4 is 15.0 Å². The van der Waals surface area contributed by atoms with Crippen LogP contribution in [0.25, 0.3) is 0 Å². The van der Waals surface area contributed by atoms with Crippen LogP contribution in [0.2, 0.25) is 10.0 Å². The van der Waals surface area contributed by atoms with Gasteiger partial charge in [-0.3, -0.25) is 9.59 Å². The van der Waals surface area contributed by atoms with Crippen LogP contribution in [0.4, 0.5) is 11.4 Å². The van der Waals surface area contributed by atoms with Gasteiger partial charge in [-0.25, -0.2) is 0 Å². The minimum absolute atomic E-state index is 0.0256. The third-order valence-corrected chi connectivity index (χ3v) is 6.31. The molecule has 1 saturated heterocycles. The maximum absolute atomic E-state index is 12.8. The second-order valence-electron chi connectivity index (χ2n) is 7.64. The molecule has 170 valence electrons. The van der Waals surface area contributed by atoms with Gasteiger partial charge in [-0.15, -0.1) is 0 Å². The first kappa shape index (κ1) is 23.0. The second-order valence-corrected chi connectivity index (χ2v) is 8.45. The number of nitrogens with one attached hydrogen (secondary N) is 1. The van der Waals surface area contributed by atoms with Gasteiger partial charge < -0.3 is 19.9 Å².